The molecule has 0 spiro atoms. The van der Waals surface area contributed by atoms with Crippen molar-refractivity contribution in [3.8, 4) is 5.75 Å². The Kier molecular flexibility index (Phi) is 7.06. The fourth-order valence-electron chi connectivity index (χ4n) is 3.44. The molecule has 0 radical (unpaired) electrons. The number of nitrogens with one attached hydrogen (secondary N) is 1. The van der Waals surface area contributed by atoms with Gasteiger partial charge in [0.2, 0.25) is 0 Å². The van der Waals surface area contributed by atoms with Gasteiger partial charge in [-0.2, -0.15) is 13.2 Å². The summed E-state index contributed by atoms with van der Waals surface area (Å²) in [5, 5.41) is 9.33. The Morgan fingerprint density at radius 2 is 1.84 bits per heavy atom. The molecule has 1 heterocycles. The van der Waals surface area contributed by atoms with Gasteiger partial charge in [0.1, 0.15) is 11.8 Å². The predicted molar refractivity (Wildman–Crippen MR) is 106 cm³/mol. The van der Waals surface area contributed by atoms with Gasteiger partial charge in [-0.25, -0.2) is 10.2 Å². The van der Waals surface area contributed by atoms with E-state index in [0.29, 0.717) is 5.75 Å². The molecule has 1 aliphatic heterocycles. The number of methoxy groups -OCH3 is 1. The maximum absolute atomic E-state index is 14.1. The summed E-state index contributed by atoms with van der Waals surface area (Å²) in [5.74, 6) is -0.373. The molecule has 11 heteroatoms. The second kappa shape index (κ2) is 9.40. The first-order valence-electron chi connectivity index (χ1n) is 9.42. The number of alkyl halides is 3. The standard InChI is InChI=1S/C20H22F3N2O5P/c1-29-16-6-8-17(9-7-16)31(28,30-11-10-20(21,22)23)25-13-15-5-3-2-4-14(15)12-18(25)19(26)24-27/h2-9,18,27H,10-13H2,1H3,(H,24,26)/t18-,31+/m1/s1. The Hall–Kier alpha value is -2.39. The number of amides is 1. The van der Waals surface area contributed by atoms with Crippen molar-refractivity contribution in [2.24, 2.45) is 0 Å². The number of ether oxygens (including phenoxy) is 1. The van der Waals surface area contributed by atoms with Gasteiger partial charge in [0.05, 0.1) is 25.4 Å². The molecule has 1 aliphatic rings. The lowest BCUT2D eigenvalue weighted by Crippen LogP contribution is -2.49. The van der Waals surface area contributed by atoms with Gasteiger partial charge in [-0.3, -0.25) is 14.6 Å². The molecular formula is C20H22F3N2O5P. The topological polar surface area (TPSA) is 88.1 Å². The maximum Gasteiger partial charge on any atom is 0.391 e. The molecule has 7 nitrogen and oxygen atoms in total. The third kappa shape index (κ3) is 5.27. The second-order valence-electron chi connectivity index (χ2n) is 6.98. The molecule has 1 amide bonds. The molecule has 0 bridgehead atoms. The zero-order chi connectivity index (χ0) is 22.6. The lowest BCUT2D eigenvalue weighted by molar-refractivity contribution is -0.140. The largest absolute Gasteiger partial charge is 0.497 e. The molecule has 0 aliphatic carbocycles. The van der Waals surface area contributed by atoms with Gasteiger partial charge >= 0.3 is 13.7 Å². The minimum atomic E-state index is -4.50. The van der Waals surface area contributed by atoms with Gasteiger partial charge in [0.15, 0.2) is 0 Å². The van der Waals surface area contributed by atoms with Gasteiger partial charge in [-0.1, -0.05) is 24.3 Å². The van der Waals surface area contributed by atoms with Crippen LogP contribution in [0.2, 0.25) is 0 Å². The molecular weight excluding hydrogens is 436 g/mol. The summed E-state index contributed by atoms with van der Waals surface area (Å²) < 4.78 is 64.1. The Labute approximate surface area is 177 Å². The zero-order valence-corrected chi connectivity index (χ0v) is 17.5. The average Bonchev–Trinajstić information content (AvgIpc) is 2.76. The van der Waals surface area contributed by atoms with Crippen LogP contribution in [0.3, 0.4) is 0 Å². The SMILES string of the molecule is COc1ccc([P@](=O)(OCCC(F)(F)F)N2Cc3ccccc3C[C@@H]2C(=O)NO)cc1. The highest BCUT2D eigenvalue weighted by molar-refractivity contribution is 7.64. The predicted octanol–water partition coefficient (Wildman–Crippen LogP) is 3.41. The summed E-state index contributed by atoms with van der Waals surface area (Å²) in [6, 6.07) is 11.9. The van der Waals surface area contributed by atoms with Crippen molar-refractivity contribution >= 4 is 18.7 Å². The highest BCUT2D eigenvalue weighted by Gasteiger charge is 2.45. The van der Waals surface area contributed by atoms with Crippen molar-refractivity contribution in [3.63, 3.8) is 0 Å². The molecule has 168 valence electrons. The number of hydroxylamine groups is 1. The van der Waals surface area contributed by atoms with Crippen LogP contribution in [0.1, 0.15) is 17.5 Å². The van der Waals surface area contributed by atoms with Crippen molar-refractivity contribution in [1.82, 2.24) is 10.2 Å². The van der Waals surface area contributed by atoms with Gasteiger partial charge in [-0.15, -0.1) is 0 Å². The minimum Gasteiger partial charge on any atom is -0.497 e. The molecule has 2 N–H and O–H groups in total. The molecule has 31 heavy (non-hydrogen) atoms. The summed E-state index contributed by atoms with van der Waals surface area (Å²) in [6.07, 6.45) is -5.69. The van der Waals surface area contributed by atoms with E-state index in [9.17, 15) is 27.7 Å². The number of benzene rings is 2. The lowest BCUT2D eigenvalue weighted by Gasteiger charge is -2.39. The quantitative estimate of drug-likeness (QED) is 0.376. The highest BCUT2D eigenvalue weighted by Crippen LogP contribution is 2.54. The van der Waals surface area contributed by atoms with E-state index in [1.54, 1.807) is 29.7 Å². The fourth-order valence-corrected chi connectivity index (χ4v) is 5.79. The van der Waals surface area contributed by atoms with E-state index < -0.39 is 38.7 Å². The summed E-state index contributed by atoms with van der Waals surface area (Å²) in [6.45, 7) is -0.859. The number of hydrogen-bond acceptors (Lipinski definition) is 5. The third-order valence-electron chi connectivity index (χ3n) is 5.03. The van der Waals surface area contributed by atoms with E-state index in [2.05, 4.69) is 0 Å². The summed E-state index contributed by atoms with van der Waals surface area (Å²) in [4.78, 5) is 12.4. The Morgan fingerprint density at radius 1 is 1.19 bits per heavy atom. The minimum absolute atomic E-state index is 0.0103. The van der Waals surface area contributed by atoms with Crippen molar-refractivity contribution in [1.29, 1.82) is 0 Å². The van der Waals surface area contributed by atoms with Crippen LogP contribution < -0.4 is 15.5 Å². The lowest BCUT2D eigenvalue weighted by atomic mass is 9.95. The number of hydrogen-bond donors (Lipinski definition) is 2. The zero-order valence-electron chi connectivity index (χ0n) is 16.6. The van der Waals surface area contributed by atoms with Crippen molar-refractivity contribution in [2.45, 2.75) is 31.6 Å². The summed E-state index contributed by atoms with van der Waals surface area (Å²) in [5.41, 5.74) is 3.13. The third-order valence-corrected chi connectivity index (χ3v) is 7.61. The van der Waals surface area contributed by atoms with Crippen LogP contribution in [-0.2, 0) is 26.8 Å². The van der Waals surface area contributed by atoms with Crippen LogP contribution in [-0.4, -0.2) is 41.7 Å². The van der Waals surface area contributed by atoms with E-state index in [4.69, 9.17) is 9.26 Å². The molecule has 0 saturated heterocycles. The van der Waals surface area contributed by atoms with Crippen LogP contribution in [0.25, 0.3) is 0 Å². The number of fused-ring (bicyclic) bond motifs is 1. The van der Waals surface area contributed by atoms with E-state index in [0.717, 1.165) is 11.1 Å². The molecule has 0 saturated carbocycles. The first-order chi connectivity index (χ1) is 14.7. The number of halogens is 3. The molecule has 2 atom stereocenters. The van der Waals surface area contributed by atoms with Crippen molar-refractivity contribution in [2.75, 3.05) is 13.7 Å². The number of carbonyl (C=O) groups is 1. The average molecular weight is 458 g/mol. The van der Waals surface area contributed by atoms with E-state index in [1.165, 1.54) is 36.0 Å². The van der Waals surface area contributed by atoms with Crippen LogP contribution >= 0.6 is 7.52 Å². The Balaban J connectivity index is 2.04. The van der Waals surface area contributed by atoms with Crippen molar-refractivity contribution < 1.29 is 37.0 Å². The molecule has 0 fully saturated rings. The Bertz CT molecular complexity index is 968. The van der Waals surface area contributed by atoms with Crippen molar-refractivity contribution in [3.05, 3.63) is 59.7 Å². The van der Waals surface area contributed by atoms with Crippen LogP contribution in [0.5, 0.6) is 5.75 Å². The van der Waals surface area contributed by atoms with E-state index in [-0.39, 0.29) is 18.3 Å². The fraction of sp³-hybridized carbons (Fsp3) is 0.350. The summed E-state index contributed by atoms with van der Waals surface area (Å²) >= 11 is 0. The normalized spacial score (nSPS) is 18.7. The first kappa shape index (κ1) is 23.3. The first-order valence-corrected chi connectivity index (χ1v) is 11.0. The van der Waals surface area contributed by atoms with Crippen LogP contribution in [0.4, 0.5) is 13.2 Å². The Morgan fingerprint density at radius 3 is 2.42 bits per heavy atom. The molecule has 0 aromatic heterocycles. The maximum atomic E-state index is 14.1. The van der Waals surface area contributed by atoms with Crippen LogP contribution in [0, 0.1) is 0 Å². The van der Waals surface area contributed by atoms with Gasteiger partial charge in [0, 0.05) is 6.54 Å². The van der Waals surface area contributed by atoms with E-state index >= 15 is 0 Å². The number of rotatable bonds is 7. The van der Waals surface area contributed by atoms with E-state index in [1.807, 2.05) is 0 Å². The second-order valence-corrected chi connectivity index (χ2v) is 9.31. The molecule has 0 unspecified atom stereocenters. The van der Waals surface area contributed by atoms with Gasteiger partial charge in [0.25, 0.3) is 5.91 Å². The molecule has 2 aromatic carbocycles. The summed E-state index contributed by atoms with van der Waals surface area (Å²) in [7, 11) is -2.69. The molecule has 2 aromatic rings. The monoisotopic (exact) mass is 458 g/mol. The number of carbonyl (C=O) groups excluding carboxylic acids is 1. The smallest absolute Gasteiger partial charge is 0.391 e. The van der Waals surface area contributed by atoms with Crippen LogP contribution in [0.15, 0.2) is 48.5 Å². The highest BCUT2D eigenvalue weighted by atomic mass is 31.2. The van der Waals surface area contributed by atoms with Gasteiger partial charge in [-0.05, 0) is 41.8 Å². The van der Waals surface area contributed by atoms with Gasteiger partial charge < -0.3 is 9.26 Å². The number of nitrogens with zero attached hydrogens (tertiary/aromatic N) is 1. The molecule has 3 rings (SSSR count).